The number of carbonyl (C=O) groups is 3. The van der Waals surface area contributed by atoms with Crippen molar-refractivity contribution in [3.63, 3.8) is 0 Å². The molecular formula is C25H34N6O7. The maximum absolute atomic E-state index is 12.8. The molecular weight excluding hydrogens is 496 g/mol. The van der Waals surface area contributed by atoms with Gasteiger partial charge >= 0.3 is 17.9 Å². The number of nitrogens with two attached hydrogens (primary N) is 2. The van der Waals surface area contributed by atoms with E-state index in [-0.39, 0.29) is 17.4 Å². The van der Waals surface area contributed by atoms with Gasteiger partial charge in [0.05, 0.1) is 17.5 Å². The molecule has 0 amide bonds. The predicted molar refractivity (Wildman–Crippen MR) is 133 cm³/mol. The Morgan fingerprint density at radius 1 is 1.11 bits per heavy atom. The molecule has 13 heteroatoms. The van der Waals surface area contributed by atoms with E-state index in [0.717, 1.165) is 0 Å². The van der Waals surface area contributed by atoms with Gasteiger partial charge in [0.15, 0.2) is 18.0 Å². The maximum Gasteiger partial charge on any atom is 0.323 e. The van der Waals surface area contributed by atoms with Gasteiger partial charge in [0.1, 0.15) is 36.7 Å². The van der Waals surface area contributed by atoms with E-state index in [1.165, 1.54) is 16.9 Å². The second kappa shape index (κ2) is 11.3. The zero-order valence-corrected chi connectivity index (χ0v) is 22.3. The number of carbonyl (C=O) groups excluding carboxylic acids is 3. The summed E-state index contributed by atoms with van der Waals surface area (Å²) in [5, 5.41) is 14.7. The zero-order chi connectivity index (χ0) is 28.4. The average molecular weight is 531 g/mol. The van der Waals surface area contributed by atoms with E-state index in [1.54, 1.807) is 47.6 Å². The van der Waals surface area contributed by atoms with Crippen LogP contribution in [0, 0.1) is 29.1 Å². The van der Waals surface area contributed by atoms with E-state index in [4.69, 9.17) is 30.4 Å². The van der Waals surface area contributed by atoms with Crippen molar-refractivity contribution < 1.29 is 33.3 Å². The fraction of sp³-hybridized carbons (Fsp3) is 0.600. The highest BCUT2D eigenvalue weighted by molar-refractivity contribution is 5.76. The number of hydrogen-bond acceptors (Lipinski definition) is 12. The second-order valence-corrected chi connectivity index (χ2v) is 10.1. The van der Waals surface area contributed by atoms with Crippen molar-refractivity contribution in [3.05, 3.63) is 24.2 Å². The molecule has 13 nitrogen and oxygen atoms in total. The highest BCUT2D eigenvalue weighted by atomic mass is 16.7. The monoisotopic (exact) mass is 530 g/mol. The predicted octanol–water partition coefficient (Wildman–Crippen LogP) is 1.09. The zero-order valence-electron chi connectivity index (χ0n) is 22.3. The number of hydrogen-bond donors (Lipinski definition) is 2. The molecule has 2 aromatic rings. The van der Waals surface area contributed by atoms with Gasteiger partial charge in [0.2, 0.25) is 5.60 Å². The Balaban J connectivity index is 2.13. The van der Waals surface area contributed by atoms with Crippen molar-refractivity contribution in [2.45, 2.75) is 71.5 Å². The van der Waals surface area contributed by atoms with Crippen LogP contribution >= 0.6 is 0 Å². The maximum atomic E-state index is 12.8. The van der Waals surface area contributed by atoms with Crippen LogP contribution in [0.25, 0.3) is 5.52 Å². The highest BCUT2D eigenvalue weighted by Crippen LogP contribution is 2.44. The SMILES string of the molecule is CC(C)C(=O)O[C@H]1[C@@H](OC(=O)C(C)C)[C@](C#N)(c2ccc3c(N)ncnn23)O[C@@H]1COC(=O)C(N)C(C)C. The van der Waals surface area contributed by atoms with Crippen molar-refractivity contribution in [1.82, 2.24) is 14.6 Å². The molecule has 2 aromatic heterocycles. The summed E-state index contributed by atoms with van der Waals surface area (Å²) in [5.74, 6) is -3.15. The van der Waals surface area contributed by atoms with Crippen LogP contribution in [-0.2, 0) is 38.9 Å². The van der Waals surface area contributed by atoms with Gasteiger partial charge in [-0.2, -0.15) is 10.4 Å². The van der Waals surface area contributed by atoms with Crippen LogP contribution in [0.3, 0.4) is 0 Å². The molecule has 5 atom stereocenters. The molecule has 0 radical (unpaired) electrons. The van der Waals surface area contributed by atoms with E-state index in [9.17, 15) is 19.6 Å². The summed E-state index contributed by atoms with van der Waals surface area (Å²) in [5.41, 5.74) is 10.4. The van der Waals surface area contributed by atoms with Crippen LogP contribution in [0.15, 0.2) is 18.5 Å². The van der Waals surface area contributed by atoms with E-state index >= 15 is 0 Å². The normalized spacial score (nSPS) is 24.0. The quantitative estimate of drug-likeness (QED) is 0.346. The smallest absolute Gasteiger partial charge is 0.323 e. The summed E-state index contributed by atoms with van der Waals surface area (Å²) >= 11 is 0. The fourth-order valence-corrected chi connectivity index (χ4v) is 3.87. The summed E-state index contributed by atoms with van der Waals surface area (Å²) in [6.07, 6.45) is -2.73. The number of rotatable bonds is 9. The van der Waals surface area contributed by atoms with Crippen LogP contribution in [0.2, 0.25) is 0 Å². The third kappa shape index (κ3) is 5.41. The first-order valence-corrected chi connectivity index (χ1v) is 12.3. The number of ether oxygens (including phenoxy) is 4. The van der Waals surface area contributed by atoms with Crippen LogP contribution in [-0.4, -0.2) is 63.5 Å². The van der Waals surface area contributed by atoms with Crippen LogP contribution in [0.1, 0.15) is 47.2 Å². The van der Waals surface area contributed by atoms with Crippen molar-refractivity contribution in [2.24, 2.45) is 23.5 Å². The molecule has 1 unspecified atom stereocenters. The van der Waals surface area contributed by atoms with Gasteiger partial charge in [-0.05, 0) is 18.1 Å². The lowest BCUT2D eigenvalue weighted by Crippen LogP contribution is -2.47. The minimum Gasteiger partial charge on any atom is -0.462 e. The largest absolute Gasteiger partial charge is 0.462 e. The Kier molecular flexibility index (Phi) is 8.58. The molecule has 1 aliphatic rings. The number of anilines is 1. The van der Waals surface area contributed by atoms with Gasteiger partial charge < -0.3 is 30.4 Å². The molecule has 38 heavy (non-hydrogen) atoms. The lowest BCUT2D eigenvalue weighted by atomic mass is 9.91. The number of aromatic nitrogens is 3. The summed E-state index contributed by atoms with van der Waals surface area (Å²) in [6.45, 7) is 9.60. The van der Waals surface area contributed by atoms with Crippen molar-refractivity contribution in [3.8, 4) is 6.07 Å². The average Bonchev–Trinajstić information content (AvgIpc) is 3.43. The van der Waals surface area contributed by atoms with E-state index in [2.05, 4.69) is 16.2 Å². The van der Waals surface area contributed by atoms with Gasteiger partial charge in [-0.1, -0.05) is 41.5 Å². The second-order valence-electron chi connectivity index (χ2n) is 10.1. The van der Waals surface area contributed by atoms with E-state index < -0.39 is 66.3 Å². The third-order valence-corrected chi connectivity index (χ3v) is 6.25. The first kappa shape index (κ1) is 28.8. The number of esters is 3. The molecule has 4 N–H and O–H groups in total. The Bertz CT molecular complexity index is 1240. The van der Waals surface area contributed by atoms with E-state index in [1.807, 2.05) is 0 Å². The minimum absolute atomic E-state index is 0.143. The molecule has 1 fully saturated rings. The standard InChI is InChI=1S/C25H34N6O7/c1-12(2)18(27)24(34)35-9-16-19(36-22(32)13(3)4)20(37-23(33)14(5)6)25(10-26,38-16)17-8-7-15-21(28)29-11-30-31(15)17/h7-8,11-14,16,18-20H,9,27H2,1-6H3,(H2,28,29,30)/t16-,18?,19-,20-,25+/m1/s1. The molecule has 0 saturated carbocycles. The van der Waals surface area contributed by atoms with Crippen LogP contribution < -0.4 is 11.5 Å². The Morgan fingerprint density at radius 3 is 2.32 bits per heavy atom. The summed E-state index contributed by atoms with van der Waals surface area (Å²) in [4.78, 5) is 42.0. The fourth-order valence-electron chi connectivity index (χ4n) is 3.87. The summed E-state index contributed by atoms with van der Waals surface area (Å²) in [6, 6.07) is 4.31. The van der Waals surface area contributed by atoms with Gasteiger partial charge in [-0.15, -0.1) is 0 Å². The van der Waals surface area contributed by atoms with Gasteiger partial charge in [0, 0.05) is 0 Å². The first-order valence-electron chi connectivity index (χ1n) is 12.3. The molecule has 206 valence electrons. The number of fused-ring (bicyclic) bond motifs is 1. The van der Waals surface area contributed by atoms with Crippen molar-refractivity contribution in [1.29, 1.82) is 5.26 Å². The number of nitrogen functional groups attached to an aromatic ring is 1. The molecule has 3 rings (SSSR count). The molecule has 1 aliphatic heterocycles. The Hall–Kier alpha value is -3.76. The molecule has 3 heterocycles. The minimum atomic E-state index is -2.02. The topological polar surface area (TPSA) is 194 Å². The molecule has 0 spiro atoms. The number of nitrogens with zero attached hydrogens (tertiary/aromatic N) is 4. The lowest BCUT2D eigenvalue weighted by molar-refractivity contribution is -0.173. The van der Waals surface area contributed by atoms with Crippen LogP contribution in [0.5, 0.6) is 0 Å². The van der Waals surface area contributed by atoms with Crippen molar-refractivity contribution in [2.75, 3.05) is 12.3 Å². The number of nitriles is 1. The lowest BCUT2D eigenvalue weighted by Gasteiger charge is -2.29. The molecule has 0 aromatic carbocycles. The first-order chi connectivity index (χ1) is 17.8. The third-order valence-electron chi connectivity index (χ3n) is 6.25. The van der Waals surface area contributed by atoms with E-state index in [0.29, 0.717) is 5.52 Å². The highest BCUT2D eigenvalue weighted by Gasteiger charge is 2.63. The summed E-state index contributed by atoms with van der Waals surface area (Å²) in [7, 11) is 0. The van der Waals surface area contributed by atoms with Gasteiger partial charge in [0.25, 0.3) is 0 Å². The van der Waals surface area contributed by atoms with Crippen LogP contribution in [0.4, 0.5) is 5.82 Å². The van der Waals surface area contributed by atoms with Gasteiger partial charge in [-0.3, -0.25) is 14.4 Å². The van der Waals surface area contributed by atoms with Gasteiger partial charge in [-0.25, -0.2) is 9.50 Å². The van der Waals surface area contributed by atoms with Crippen molar-refractivity contribution >= 4 is 29.2 Å². The Labute approximate surface area is 220 Å². The molecule has 0 bridgehead atoms. The molecule has 0 aliphatic carbocycles. The summed E-state index contributed by atoms with van der Waals surface area (Å²) < 4.78 is 24.5. The molecule has 1 saturated heterocycles. The Morgan fingerprint density at radius 2 is 1.74 bits per heavy atom.